The number of nitro groups is 1. The first-order chi connectivity index (χ1) is 9.47. The number of aromatic carboxylic acids is 1. The third kappa shape index (κ3) is 3.09. The van der Waals surface area contributed by atoms with Crippen molar-refractivity contribution in [1.82, 2.24) is 4.98 Å². The van der Waals surface area contributed by atoms with Gasteiger partial charge in [-0.05, 0) is 28.1 Å². The van der Waals surface area contributed by atoms with Crippen LogP contribution in [-0.2, 0) is 0 Å². The fourth-order valence-electron chi connectivity index (χ4n) is 1.45. The topological polar surface area (TPSA) is 103 Å². The number of carboxylic acid groups (broad SMARTS) is 1. The Morgan fingerprint density at radius 1 is 1.35 bits per heavy atom. The van der Waals surface area contributed by atoms with Gasteiger partial charge in [0.1, 0.15) is 11.3 Å². The third-order valence-electron chi connectivity index (χ3n) is 2.32. The maximum absolute atomic E-state index is 11.0. The summed E-state index contributed by atoms with van der Waals surface area (Å²) in [7, 11) is 0. The largest absolute Gasteiger partial charge is 0.477 e. The molecule has 20 heavy (non-hydrogen) atoms. The molecule has 1 aromatic carbocycles. The zero-order valence-corrected chi connectivity index (χ0v) is 11.4. The molecule has 0 fully saturated rings. The number of benzene rings is 1. The lowest BCUT2D eigenvalue weighted by atomic mass is 10.1. The van der Waals surface area contributed by atoms with E-state index in [1.54, 1.807) is 12.1 Å². The van der Waals surface area contributed by atoms with Gasteiger partial charge in [0.15, 0.2) is 0 Å². The monoisotopic (exact) mass is 338 g/mol. The van der Waals surface area contributed by atoms with Crippen LogP contribution < -0.4 is 4.74 Å². The number of hydrogen-bond donors (Lipinski definition) is 1. The Morgan fingerprint density at radius 3 is 2.65 bits per heavy atom. The average Bonchev–Trinajstić information content (AvgIpc) is 2.41. The van der Waals surface area contributed by atoms with Gasteiger partial charge in [0.25, 0.3) is 5.69 Å². The summed E-state index contributed by atoms with van der Waals surface area (Å²) in [5.74, 6) is -0.993. The van der Waals surface area contributed by atoms with E-state index in [9.17, 15) is 14.9 Å². The van der Waals surface area contributed by atoms with Gasteiger partial charge in [-0.25, -0.2) is 9.78 Å². The summed E-state index contributed by atoms with van der Waals surface area (Å²) in [5.41, 5.74) is -0.932. The molecule has 7 nitrogen and oxygen atoms in total. The maximum atomic E-state index is 11.0. The van der Waals surface area contributed by atoms with Crippen molar-refractivity contribution in [2.45, 2.75) is 0 Å². The normalized spacial score (nSPS) is 10.1. The van der Waals surface area contributed by atoms with Crippen LogP contribution in [0.2, 0.25) is 0 Å². The van der Waals surface area contributed by atoms with Gasteiger partial charge in [0.2, 0.25) is 5.88 Å². The molecule has 1 N–H and O–H groups in total. The molecule has 0 aliphatic rings. The highest BCUT2D eigenvalue weighted by Crippen LogP contribution is 2.27. The number of ether oxygens (including phenoxy) is 1. The first kappa shape index (κ1) is 13.9. The second-order valence-electron chi connectivity index (χ2n) is 3.66. The number of rotatable bonds is 4. The molecule has 0 unspecified atom stereocenters. The first-order valence-electron chi connectivity index (χ1n) is 5.28. The predicted molar refractivity (Wildman–Crippen MR) is 72.1 cm³/mol. The molecule has 1 heterocycles. The summed E-state index contributed by atoms with van der Waals surface area (Å²) in [5, 5.41) is 19.7. The smallest absolute Gasteiger partial charge is 0.342 e. The summed E-state index contributed by atoms with van der Waals surface area (Å²) in [6.07, 6.45) is 1.51. The molecule has 0 saturated carbocycles. The second-order valence-corrected chi connectivity index (χ2v) is 4.57. The molecule has 2 aromatic rings. The van der Waals surface area contributed by atoms with Gasteiger partial charge in [0, 0.05) is 28.9 Å². The Balaban J connectivity index is 2.34. The Bertz CT molecular complexity index is 672. The Labute approximate surface area is 121 Å². The highest BCUT2D eigenvalue weighted by molar-refractivity contribution is 9.10. The van der Waals surface area contributed by atoms with Gasteiger partial charge in [0.05, 0.1) is 4.92 Å². The van der Waals surface area contributed by atoms with Crippen LogP contribution in [-0.4, -0.2) is 21.0 Å². The van der Waals surface area contributed by atoms with Crippen molar-refractivity contribution in [3.63, 3.8) is 0 Å². The van der Waals surface area contributed by atoms with Crippen molar-refractivity contribution in [3.05, 3.63) is 56.7 Å². The Hall–Kier alpha value is -2.48. The SMILES string of the molecule is O=C(O)c1cc(Oc2ccc(Br)cn2)ccc1[N+](=O)[O-]. The summed E-state index contributed by atoms with van der Waals surface area (Å²) in [4.78, 5) is 24.9. The van der Waals surface area contributed by atoms with Crippen molar-refractivity contribution in [2.24, 2.45) is 0 Å². The van der Waals surface area contributed by atoms with Crippen LogP contribution in [0, 0.1) is 10.1 Å². The maximum Gasteiger partial charge on any atom is 0.342 e. The fraction of sp³-hybridized carbons (Fsp3) is 0. The van der Waals surface area contributed by atoms with E-state index >= 15 is 0 Å². The number of pyridine rings is 1. The molecule has 0 saturated heterocycles. The third-order valence-corrected chi connectivity index (χ3v) is 2.79. The number of nitrogens with zero attached hydrogens (tertiary/aromatic N) is 2. The standard InChI is InChI=1S/C12H7BrN2O5/c13-7-1-4-11(14-6-7)20-8-2-3-10(15(18)19)9(5-8)12(16)17/h1-6H,(H,16,17). The van der Waals surface area contributed by atoms with Gasteiger partial charge in [-0.1, -0.05) is 0 Å². The van der Waals surface area contributed by atoms with Crippen LogP contribution in [0.25, 0.3) is 0 Å². The van der Waals surface area contributed by atoms with E-state index in [0.29, 0.717) is 0 Å². The molecule has 0 amide bonds. The van der Waals surface area contributed by atoms with Crippen LogP contribution in [0.5, 0.6) is 11.6 Å². The van der Waals surface area contributed by atoms with Crippen molar-refractivity contribution in [3.8, 4) is 11.6 Å². The highest BCUT2D eigenvalue weighted by atomic mass is 79.9. The number of aromatic nitrogens is 1. The minimum absolute atomic E-state index is 0.155. The van der Waals surface area contributed by atoms with Gasteiger partial charge in [-0.2, -0.15) is 0 Å². The first-order valence-corrected chi connectivity index (χ1v) is 6.08. The van der Waals surface area contributed by atoms with Crippen molar-refractivity contribution in [2.75, 3.05) is 0 Å². The van der Waals surface area contributed by atoms with E-state index in [0.717, 1.165) is 16.6 Å². The molecule has 0 bridgehead atoms. The molecular formula is C12H7BrN2O5. The second kappa shape index (κ2) is 5.66. The quantitative estimate of drug-likeness (QED) is 0.678. The predicted octanol–water partition coefficient (Wildman–Crippen LogP) is 3.24. The van der Waals surface area contributed by atoms with Gasteiger partial charge in [-0.3, -0.25) is 10.1 Å². The van der Waals surface area contributed by atoms with E-state index in [2.05, 4.69) is 20.9 Å². The minimum atomic E-state index is -1.40. The summed E-state index contributed by atoms with van der Waals surface area (Å²) >= 11 is 3.22. The zero-order valence-electron chi connectivity index (χ0n) is 9.82. The van der Waals surface area contributed by atoms with Crippen molar-refractivity contribution in [1.29, 1.82) is 0 Å². The Kier molecular flexibility index (Phi) is 3.94. The lowest BCUT2D eigenvalue weighted by Gasteiger charge is -2.05. The van der Waals surface area contributed by atoms with E-state index in [1.165, 1.54) is 12.3 Å². The van der Waals surface area contributed by atoms with E-state index < -0.39 is 22.1 Å². The van der Waals surface area contributed by atoms with Crippen LogP contribution in [0.15, 0.2) is 41.0 Å². The zero-order chi connectivity index (χ0) is 14.7. The molecule has 0 aliphatic carbocycles. The number of halogens is 1. The van der Waals surface area contributed by atoms with Crippen molar-refractivity contribution < 1.29 is 19.6 Å². The fourth-order valence-corrected chi connectivity index (χ4v) is 1.69. The molecule has 0 atom stereocenters. The number of carbonyl (C=O) groups is 1. The molecule has 2 rings (SSSR count). The van der Waals surface area contributed by atoms with Crippen molar-refractivity contribution >= 4 is 27.6 Å². The number of hydrogen-bond acceptors (Lipinski definition) is 5. The van der Waals surface area contributed by atoms with Crippen LogP contribution >= 0.6 is 15.9 Å². The van der Waals surface area contributed by atoms with Gasteiger partial charge < -0.3 is 9.84 Å². The van der Waals surface area contributed by atoms with Crippen LogP contribution in [0.1, 0.15) is 10.4 Å². The lowest BCUT2D eigenvalue weighted by molar-refractivity contribution is -0.385. The summed E-state index contributed by atoms with van der Waals surface area (Å²) < 4.78 is 6.10. The van der Waals surface area contributed by atoms with Crippen LogP contribution in [0.3, 0.4) is 0 Å². The van der Waals surface area contributed by atoms with E-state index in [1.807, 2.05) is 0 Å². The van der Waals surface area contributed by atoms with Gasteiger partial charge in [-0.15, -0.1) is 0 Å². The Morgan fingerprint density at radius 2 is 2.10 bits per heavy atom. The average molecular weight is 339 g/mol. The molecular weight excluding hydrogens is 332 g/mol. The molecule has 1 aromatic heterocycles. The lowest BCUT2D eigenvalue weighted by Crippen LogP contribution is -2.03. The molecule has 0 radical (unpaired) electrons. The van der Waals surface area contributed by atoms with E-state index in [-0.39, 0.29) is 11.6 Å². The molecule has 0 spiro atoms. The molecule has 102 valence electrons. The summed E-state index contributed by atoms with van der Waals surface area (Å²) in [6.45, 7) is 0. The molecule has 8 heteroatoms. The highest BCUT2D eigenvalue weighted by Gasteiger charge is 2.20. The number of carboxylic acids is 1. The van der Waals surface area contributed by atoms with Crippen LogP contribution in [0.4, 0.5) is 5.69 Å². The van der Waals surface area contributed by atoms with Gasteiger partial charge >= 0.3 is 5.97 Å². The number of nitro benzene ring substituents is 1. The molecule has 0 aliphatic heterocycles. The minimum Gasteiger partial charge on any atom is -0.477 e. The summed E-state index contributed by atoms with van der Waals surface area (Å²) in [6, 6.07) is 6.76. The van der Waals surface area contributed by atoms with E-state index in [4.69, 9.17) is 9.84 Å².